The zero-order valence-corrected chi connectivity index (χ0v) is 9.93. The van der Waals surface area contributed by atoms with E-state index in [-0.39, 0.29) is 0 Å². The van der Waals surface area contributed by atoms with Crippen molar-refractivity contribution in [3.05, 3.63) is 35.9 Å². The monoisotopic (exact) mass is 227 g/mol. The lowest BCUT2D eigenvalue weighted by Gasteiger charge is -2.21. The smallest absolute Gasteiger partial charge is 0.225 e. The summed E-state index contributed by atoms with van der Waals surface area (Å²) in [6.45, 7) is 1.97. The predicted molar refractivity (Wildman–Crippen MR) is 65.5 cm³/mol. The third-order valence-corrected chi connectivity index (χ3v) is 4.73. The van der Waals surface area contributed by atoms with E-state index < -0.39 is 0 Å². The molecule has 2 aliphatic carbocycles. The topological polar surface area (TPSA) is 20.3 Å². The van der Waals surface area contributed by atoms with Crippen LogP contribution >= 0.6 is 0 Å². The summed E-state index contributed by atoms with van der Waals surface area (Å²) in [6, 6.07) is 10.8. The number of piperidine rings is 1. The number of hydrogen-bond acceptors (Lipinski definition) is 1. The molecular weight excluding hydrogens is 210 g/mol. The van der Waals surface area contributed by atoms with E-state index in [1.54, 1.807) is 0 Å². The molecule has 0 radical (unpaired) electrons. The second-order valence-corrected chi connectivity index (χ2v) is 5.92. The molecule has 2 nitrogen and oxygen atoms in total. The van der Waals surface area contributed by atoms with Gasteiger partial charge in [-0.1, -0.05) is 30.3 Å². The summed E-state index contributed by atoms with van der Waals surface area (Å²) in [7, 11) is 0. The Morgan fingerprint density at radius 1 is 1.24 bits per heavy atom. The van der Waals surface area contributed by atoms with Crippen LogP contribution in [0.25, 0.3) is 0 Å². The molecule has 4 rings (SSSR count). The molecule has 2 unspecified atom stereocenters. The maximum absolute atomic E-state index is 12.1. The van der Waals surface area contributed by atoms with Crippen LogP contribution in [0.1, 0.15) is 24.8 Å². The molecule has 0 N–H and O–H groups in total. The highest BCUT2D eigenvalue weighted by molar-refractivity contribution is 5.82. The van der Waals surface area contributed by atoms with E-state index in [4.69, 9.17) is 0 Å². The molecule has 1 aromatic rings. The fourth-order valence-electron chi connectivity index (χ4n) is 3.46. The predicted octanol–water partition coefficient (Wildman–Crippen LogP) is 2.20. The van der Waals surface area contributed by atoms with Gasteiger partial charge in [0.25, 0.3) is 0 Å². The first-order chi connectivity index (χ1) is 8.29. The number of carbonyl (C=O) groups excluding carboxylic acids is 1. The van der Waals surface area contributed by atoms with E-state index in [0.29, 0.717) is 17.2 Å². The minimum atomic E-state index is 0.325. The van der Waals surface area contributed by atoms with E-state index in [1.807, 2.05) is 0 Å². The van der Waals surface area contributed by atoms with Crippen LogP contribution in [0.5, 0.6) is 0 Å². The minimum Gasteiger partial charge on any atom is -0.341 e. The maximum Gasteiger partial charge on any atom is 0.225 e. The quantitative estimate of drug-likeness (QED) is 0.758. The lowest BCUT2D eigenvalue weighted by Crippen LogP contribution is -2.33. The van der Waals surface area contributed by atoms with Crippen molar-refractivity contribution in [2.75, 3.05) is 13.1 Å². The van der Waals surface area contributed by atoms with Gasteiger partial charge in [0.1, 0.15) is 0 Å². The first kappa shape index (κ1) is 9.69. The molecule has 17 heavy (non-hydrogen) atoms. The normalized spacial score (nSPS) is 34.6. The van der Waals surface area contributed by atoms with Crippen molar-refractivity contribution in [3.63, 3.8) is 0 Å². The van der Waals surface area contributed by atoms with E-state index >= 15 is 0 Å². The third kappa shape index (κ3) is 1.36. The second-order valence-electron chi connectivity index (χ2n) is 5.92. The molecule has 88 valence electrons. The fraction of sp³-hybridized carbons (Fsp3) is 0.533. The Morgan fingerprint density at radius 2 is 2.00 bits per heavy atom. The summed E-state index contributed by atoms with van der Waals surface area (Å²) in [4.78, 5) is 14.2. The Bertz CT molecular complexity index is 465. The summed E-state index contributed by atoms with van der Waals surface area (Å²) < 4.78 is 0. The van der Waals surface area contributed by atoms with Gasteiger partial charge < -0.3 is 4.90 Å². The molecule has 1 aliphatic heterocycles. The van der Waals surface area contributed by atoms with Gasteiger partial charge in [-0.3, -0.25) is 4.79 Å². The van der Waals surface area contributed by atoms with Gasteiger partial charge in [-0.15, -0.1) is 0 Å². The summed E-state index contributed by atoms with van der Waals surface area (Å²) >= 11 is 0. The molecule has 0 aromatic heterocycles. The van der Waals surface area contributed by atoms with E-state index in [2.05, 4.69) is 35.2 Å². The van der Waals surface area contributed by atoms with Crippen LogP contribution in [0.15, 0.2) is 30.3 Å². The number of likely N-dealkylation sites (tertiary alicyclic amines) is 1. The third-order valence-electron chi connectivity index (χ3n) is 4.73. The minimum absolute atomic E-state index is 0.325. The largest absolute Gasteiger partial charge is 0.341 e. The first-order valence-corrected chi connectivity index (χ1v) is 6.64. The highest BCUT2D eigenvalue weighted by atomic mass is 16.2. The number of amides is 1. The molecule has 2 saturated carbocycles. The van der Waals surface area contributed by atoms with Crippen LogP contribution in [-0.2, 0) is 10.2 Å². The van der Waals surface area contributed by atoms with Crippen LogP contribution in [0.2, 0.25) is 0 Å². The molecule has 1 amide bonds. The highest BCUT2D eigenvalue weighted by Gasteiger charge is 2.62. The van der Waals surface area contributed by atoms with Gasteiger partial charge in [0.05, 0.1) is 0 Å². The van der Waals surface area contributed by atoms with Gasteiger partial charge >= 0.3 is 0 Å². The number of carbonyl (C=O) groups is 1. The molecule has 2 atom stereocenters. The molecular formula is C15H17NO. The number of benzene rings is 1. The Hall–Kier alpha value is -1.31. The molecule has 0 spiro atoms. The fourth-order valence-corrected chi connectivity index (χ4v) is 3.46. The van der Waals surface area contributed by atoms with Crippen molar-refractivity contribution in [1.29, 1.82) is 0 Å². The Morgan fingerprint density at radius 3 is 2.71 bits per heavy atom. The standard InChI is InChI=1S/C15H17NO/c17-14(11-6-7-11)16-9-13-8-15(13,10-16)12-4-2-1-3-5-12/h1-5,11,13H,6-10H2. The van der Waals surface area contributed by atoms with Crippen LogP contribution in [-0.4, -0.2) is 23.9 Å². The Kier molecular flexibility index (Phi) is 1.78. The van der Waals surface area contributed by atoms with Crippen molar-refractivity contribution < 1.29 is 4.79 Å². The van der Waals surface area contributed by atoms with Crippen molar-refractivity contribution in [1.82, 2.24) is 4.90 Å². The average molecular weight is 227 g/mol. The molecule has 3 fully saturated rings. The summed E-state index contributed by atoms with van der Waals surface area (Å²) in [5, 5.41) is 0. The van der Waals surface area contributed by atoms with Gasteiger partial charge in [0.2, 0.25) is 5.91 Å². The second kappa shape index (κ2) is 3.12. The van der Waals surface area contributed by atoms with Crippen molar-refractivity contribution in [3.8, 4) is 0 Å². The first-order valence-electron chi connectivity index (χ1n) is 6.64. The molecule has 3 aliphatic rings. The van der Waals surface area contributed by atoms with Gasteiger partial charge in [0, 0.05) is 24.4 Å². The van der Waals surface area contributed by atoms with E-state index in [1.165, 1.54) is 12.0 Å². The van der Waals surface area contributed by atoms with Crippen molar-refractivity contribution in [2.24, 2.45) is 11.8 Å². The van der Waals surface area contributed by atoms with E-state index in [0.717, 1.165) is 31.8 Å². The Labute approximate surface area is 102 Å². The van der Waals surface area contributed by atoms with Gasteiger partial charge in [-0.25, -0.2) is 0 Å². The van der Waals surface area contributed by atoms with Crippen LogP contribution in [0, 0.1) is 11.8 Å². The van der Waals surface area contributed by atoms with Crippen LogP contribution in [0.4, 0.5) is 0 Å². The van der Waals surface area contributed by atoms with Gasteiger partial charge in [-0.05, 0) is 30.7 Å². The number of hydrogen-bond donors (Lipinski definition) is 0. The Balaban J connectivity index is 1.57. The number of fused-ring (bicyclic) bond motifs is 1. The molecule has 1 saturated heterocycles. The van der Waals surface area contributed by atoms with Crippen LogP contribution < -0.4 is 0 Å². The lowest BCUT2D eigenvalue weighted by atomic mass is 9.95. The van der Waals surface area contributed by atoms with Gasteiger partial charge in [-0.2, -0.15) is 0 Å². The van der Waals surface area contributed by atoms with Crippen molar-refractivity contribution >= 4 is 5.91 Å². The number of nitrogens with zero attached hydrogens (tertiary/aromatic N) is 1. The highest BCUT2D eigenvalue weighted by Crippen LogP contribution is 2.59. The van der Waals surface area contributed by atoms with Gasteiger partial charge in [0.15, 0.2) is 0 Å². The lowest BCUT2D eigenvalue weighted by molar-refractivity contribution is -0.132. The molecule has 0 bridgehead atoms. The SMILES string of the molecule is O=C(C1CC1)N1CC2CC2(c2ccccc2)C1. The van der Waals surface area contributed by atoms with Crippen molar-refractivity contribution in [2.45, 2.75) is 24.7 Å². The summed E-state index contributed by atoms with van der Waals surface area (Å²) in [5.74, 6) is 1.53. The average Bonchev–Trinajstić information content (AvgIpc) is 3.29. The summed E-state index contributed by atoms with van der Waals surface area (Å²) in [5.41, 5.74) is 1.77. The molecule has 2 heteroatoms. The zero-order chi connectivity index (χ0) is 11.5. The van der Waals surface area contributed by atoms with Crippen LogP contribution in [0.3, 0.4) is 0 Å². The zero-order valence-electron chi connectivity index (χ0n) is 9.93. The molecule has 1 heterocycles. The molecule has 1 aromatic carbocycles. The van der Waals surface area contributed by atoms with E-state index in [9.17, 15) is 4.79 Å². The summed E-state index contributed by atoms with van der Waals surface area (Å²) in [6.07, 6.45) is 3.53. The number of rotatable bonds is 2. The maximum atomic E-state index is 12.1.